The Hall–Kier alpha value is -1.76. The van der Waals surface area contributed by atoms with Gasteiger partial charge in [0, 0.05) is 13.1 Å². The first-order valence-corrected chi connectivity index (χ1v) is 5.21. The van der Waals surface area contributed by atoms with Crippen LogP contribution in [0.15, 0.2) is 16.5 Å². The van der Waals surface area contributed by atoms with Gasteiger partial charge in [-0.2, -0.15) is 5.26 Å². The van der Waals surface area contributed by atoms with Gasteiger partial charge in [-0.1, -0.05) is 13.8 Å². The van der Waals surface area contributed by atoms with Crippen molar-refractivity contribution < 1.29 is 9.21 Å². The van der Waals surface area contributed by atoms with Crippen molar-refractivity contribution in [2.45, 2.75) is 20.8 Å². The second-order valence-corrected chi connectivity index (χ2v) is 4.13. The third-order valence-electron chi connectivity index (χ3n) is 2.46. The highest BCUT2D eigenvalue weighted by atomic mass is 16.4. The molecule has 0 spiro atoms. The zero-order chi connectivity index (χ0) is 12.3. The standard InChI is InChI=1S/C12H16N2O2/c1-8(2)10(7-13)12(15)14(4)11-6-5-9(3)16-11/h5-6,8,10H,1-4H3. The lowest BCUT2D eigenvalue weighted by Gasteiger charge is -2.19. The lowest BCUT2D eigenvalue weighted by molar-refractivity contribution is -0.121. The third-order valence-corrected chi connectivity index (χ3v) is 2.46. The Labute approximate surface area is 95.5 Å². The zero-order valence-electron chi connectivity index (χ0n) is 10.0. The van der Waals surface area contributed by atoms with Crippen molar-refractivity contribution in [2.24, 2.45) is 11.8 Å². The number of hydrogen-bond donors (Lipinski definition) is 0. The molecule has 0 N–H and O–H groups in total. The predicted molar refractivity (Wildman–Crippen MR) is 60.8 cm³/mol. The molecule has 0 saturated heterocycles. The maximum atomic E-state index is 12.0. The van der Waals surface area contributed by atoms with Crippen LogP contribution in [0.4, 0.5) is 5.88 Å². The van der Waals surface area contributed by atoms with E-state index >= 15 is 0 Å². The van der Waals surface area contributed by atoms with Crippen molar-refractivity contribution in [3.8, 4) is 6.07 Å². The minimum atomic E-state index is -0.629. The average molecular weight is 220 g/mol. The van der Waals surface area contributed by atoms with Crippen LogP contribution < -0.4 is 4.90 Å². The highest BCUT2D eigenvalue weighted by Gasteiger charge is 2.26. The van der Waals surface area contributed by atoms with Crippen LogP contribution in [0.2, 0.25) is 0 Å². The average Bonchev–Trinajstić information content (AvgIpc) is 2.64. The van der Waals surface area contributed by atoms with E-state index in [1.165, 1.54) is 4.90 Å². The number of nitriles is 1. The number of anilines is 1. The van der Waals surface area contributed by atoms with Crippen molar-refractivity contribution in [1.29, 1.82) is 5.26 Å². The van der Waals surface area contributed by atoms with E-state index in [-0.39, 0.29) is 11.8 Å². The molecule has 4 heteroatoms. The molecule has 0 radical (unpaired) electrons. The molecule has 0 aromatic carbocycles. The molecule has 0 saturated carbocycles. The zero-order valence-corrected chi connectivity index (χ0v) is 10.0. The molecule has 86 valence electrons. The lowest BCUT2D eigenvalue weighted by Crippen LogP contribution is -2.34. The number of nitrogens with zero attached hydrogens (tertiary/aromatic N) is 2. The summed E-state index contributed by atoms with van der Waals surface area (Å²) in [5.74, 6) is 0.356. The number of hydrogen-bond acceptors (Lipinski definition) is 3. The smallest absolute Gasteiger partial charge is 0.246 e. The number of furan rings is 1. The van der Waals surface area contributed by atoms with Gasteiger partial charge in [-0.3, -0.25) is 9.69 Å². The fourth-order valence-corrected chi connectivity index (χ4v) is 1.41. The summed E-state index contributed by atoms with van der Waals surface area (Å²) in [6.07, 6.45) is 0. The Morgan fingerprint density at radius 2 is 2.12 bits per heavy atom. The van der Waals surface area contributed by atoms with Gasteiger partial charge in [-0.05, 0) is 18.9 Å². The highest BCUT2D eigenvalue weighted by Crippen LogP contribution is 2.20. The topological polar surface area (TPSA) is 57.2 Å². The second-order valence-electron chi connectivity index (χ2n) is 4.13. The van der Waals surface area contributed by atoms with Crippen LogP contribution in [-0.2, 0) is 4.79 Å². The van der Waals surface area contributed by atoms with E-state index in [0.29, 0.717) is 5.88 Å². The maximum Gasteiger partial charge on any atom is 0.246 e. The van der Waals surface area contributed by atoms with Gasteiger partial charge in [0.05, 0.1) is 6.07 Å². The molecule has 1 amide bonds. The summed E-state index contributed by atoms with van der Waals surface area (Å²) in [5, 5.41) is 8.94. The second kappa shape index (κ2) is 4.84. The maximum absolute atomic E-state index is 12.0. The molecule has 4 nitrogen and oxygen atoms in total. The van der Waals surface area contributed by atoms with E-state index in [0.717, 1.165) is 5.76 Å². The van der Waals surface area contributed by atoms with Crippen LogP contribution in [0, 0.1) is 30.1 Å². The molecule has 0 fully saturated rings. The van der Waals surface area contributed by atoms with E-state index in [2.05, 4.69) is 0 Å². The minimum absolute atomic E-state index is 0.00370. The van der Waals surface area contributed by atoms with Crippen molar-refractivity contribution in [3.05, 3.63) is 17.9 Å². The van der Waals surface area contributed by atoms with Crippen molar-refractivity contribution in [3.63, 3.8) is 0 Å². The van der Waals surface area contributed by atoms with E-state index in [1.54, 1.807) is 19.2 Å². The van der Waals surface area contributed by atoms with Crippen LogP contribution >= 0.6 is 0 Å². The first-order valence-electron chi connectivity index (χ1n) is 5.21. The fraction of sp³-hybridized carbons (Fsp3) is 0.500. The Kier molecular flexibility index (Phi) is 3.73. The Bertz CT molecular complexity index is 415. The molecule has 1 aromatic heterocycles. The molecule has 16 heavy (non-hydrogen) atoms. The molecule has 0 aliphatic heterocycles. The lowest BCUT2D eigenvalue weighted by atomic mass is 9.96. The van der Waals surface area contributed by atoms with Crippen LogP contribution in [0.3, 0.4) is 0 Å². The molecular formula is C12H16N2O2. The Balaban J connectivity index is 2.86. The largest absolute Gasteiger partial charge is 0.445 e. The third kappa shape index (κ3) is 2.43. The summed E-state index contributed by atoms with van der Waals surface area (Å²) in [6, 6.07) is 5.54. The van der Waals surface area contributed by atoms with Gasteiger partial charge in [-0.25, -0.2) is 0 Å². The monoisotopic (exact) mass is 220 g/mol. The molecule has 0 aliphatic carbocycles. The van der Waals surface area contributed by atoms with E-state index in [9.17, 15) is 4.79 Å². The van der Waals surface area contributed by atoms with Gasteiger partial charge < -0.3 is 4.42 Å². The van der Waals surface area contributed by atoms with E-state index < -0.39 is 5.92 Å². The summed E-state index contributed by atoms with van der Waals surface area (Å²) in [7, 11) is 1.62. The summed E-state index contributed by atoms with van der Waals surface area (Å²) in [4.78, 5) is 13.4. The number of carbonyl (C=O) groups excluding carboxylic acids is 1. The Morgan fingerprint density at radius 3 is 2.50 bits per heavy atom. The van der Waals surface area contributed by atoms with E-state index in [1.807, 2.05) is 26.8 Å². The quantitative estimate of drug-likeness (QED) is 0.785. The highest BCUT2D eigenvalue weighted by molar-refractivity contribution is 5.95. The number of amides is 1. The van der Waals surface area contributed by atoms with Crippen LogP contribution in [-0.4, -0.2) is 13.0 Å². The molecule has 0 aliphatic rings. The summed E-state index contributed by atoms with van der Waals surface area (Å²) < 4.78 is 5.34. The van der Waals surface area contributed by atoms with Crippen LogP contribution in [0.25, 0.3) is 0 Å². The van der Waals surface area contributed by atoms with Gasteiger partial charge in [0.15, 0.2) is 0 Å². The molecule has 1 atom stereocenters. The SMILES string of the molecule is Cc1ccc(N(C)C(=O)C(C#N)C(C)C)o1. The fourth-order valence-electron chi connectivity index (χ4n) is 1.41. The van der Waals surface area contributed by atoms with Gasteiger partial charge in [0.2, 0.25) is 11.8 Å². The van der Waals surface area contributed by atoms with Crippen molar-refractivity contribution in [1.82, 2.24) is 0 Å². The van der Waals surface area contributed by atoms with Gasteiger partial charge in [0.1, 0.15) is 11.7 Å². The minimum Gasteiger partial charge on any atom is -0.445 e. The van der Waals surface area contributed by atoms with Crippen LogP contribution in [0.5, 0.6) is 0 Å². The predicted octanol–water partition coefficient (Wildman–Crippen LogP) is 2.35. The van der Waals surface area contributed by atoms with Gasteiger partial charge in [-0.15, -0.1) is 0 Å². The number of carbonyl (C=O) groups is 1. The molecule has 1 rings (SSSR count). The molecule has 1 unspecified atom stereocenters. The molecular weight excluding hydrogens is 204 g/mol. The normalized spacial score (nSPS) is 12.2. The summed E-state index contributed by atoms with van der Waals surface area (Å²) >= 11 is 0. The Morgan fingerprint density at radius 1 is 1.50 bits per heavy atom. The van der Waals surface area contributed by atoms with E-state index in [4.69, 9.17) is 9.68 Å². The molecule has 0 bridgehead atoms. The number of rotatable bonds is 3. The first kappa shape index (κ1) is 12.3. The summed E-state index contributed by atoms with van der Waals surface area (Å²) in [6.45, 7) is 5.52. The molecule has 1 aromatic rings. The first-order chi connectivity index (χ1) is 7.47. The van der Waals surface area contributed by atoms with Gasteiger partial charge >= 0.3 is 0 Å². The van der Waals surface area contributed by atoms with Crippen molar-refractivity contribution >= 4 is 11.8 Å². The van der Waals surface area contributed by atoms with Crippen LogP contribution in [0.1, 0.15) is 19.6 Å². The number of aryl methyl sites for hydroxylation is 1. The van der Waals surface area contributed by atoms with Gasteiger partial charge in [0.25, 0.3) is 0 Å². The molecule has 1 heterocycles. The van der Waals surface area contributed by atoms with Crippen molar-refractivity contribution in [2.75, 3.05) is 11.9 Å². The summed E-state index contributed by atoms with van der Waals surface area (Å²) in [5.41, 5.74) is 0.